The van der Waals surface area contributed by atoms with E-state index >= 15 is 0 Å². The largest absolute Gasteiger partial charge is 0.456 e. The van der Waals surface area contributed by atoms with Crippen molar-refractivity contribution in [1.82, 2.24) is 19.9 Å². The Bertz CT molecular complexity index is 641. The molecule has 1 saturated heterocycles. The molecule has 7 nitrogen and oxygen atoms in total. The maximum absolute atomic E-state index is 12.4. The van der Waals surface area contributed by atoms with E-state index in [4.69, 9.17) is 8.94 Å². The van der Waals surface area contributed by atoms with Crippen LogP contribution >= 0.6 is 0 Å². The minimum atomic E-state index is -0.0326. The predicted octanol–water partition coefficient (Wildman–Crippen LogP) is 1.49. The van der Waals surface area contributed by atoms with Crippen molar-refractivity contribution in [3.8, 4) is 0 Å². The molecule has 22 heavy (non-hydrogen) atoms. The Balaban J connectivity index is 1.53. The number of carbonyl (C=O) groups excluding carboxylic acids is 1. The van der Waals surface area contributed by atoms with E-state index in [1.807, 2.05) is 17.9 Å². The summed E-state index contributed by atoms with van der Waals surface area (Å²) in [5.41, 5.74) is 0. The minimum absolute atomic E-state index is 0.0326. The van der Waals surface area contributed by atoms with Gasteiger partial charge in [0.1, 0.15) is 5.76 Å². The molecule has 0 spiro atoms. The van der Waals surface area contributed by atoms with E-state index in [1.54, 1.807) is 13.0 Å². The molecule has 0 aromatic carbocycles. The van der Waals surface area contributed by atoms with Gasteiger partial charge in [-0.25, -0.2) is 0 Å². The monoisotopic (exact) mass is 304 g/mol. The first-order chi connectivity index (χ1) is 10.7. The Morgan fingerprint density at radius 2 is 2.05 bits per heavy atom. The quantitative estimate of drug-likeness (QED) is 0.852. The van der Waals surface area contributed by atoms with Crippen molar-refractivity contribution in [2.75, 3.05) is 26.2 Å². The molecule has 1 aliphatic rings. The van der Waals surface area contributed by atoms with E-state index in [2.05, 4.69) is 15.0 Å². The number of nitrogens with zero attached hydrogens (tertiary/aromatic N) is 4. The number of aryl methyl sites for hydroxylation is 2. The summed E-state index contributed by atoms with van der Waals surface area (Å²) in [6, 6.07) is 3.62. The summed E-state index contributed by atoms with van der Waals surface area (Å²) in [6.45, 7) is 7.38. The fourth-order valence-electron chi connectivity index (χ4n) is 2.55. The Labute approximate surface area is 128 Å². The van der Waals surface area contributed by atoms with Crippen molar-refractivity contribution in [2.45, 2.75) is 26.8 Å². The van der Waals surface area contributed by atoms with Gasteiger partial charge in [0, 0.05) is 39.5 Å². The molecule has 0 bridgehead atoms. The van der Waals surface area contributed by atoms with E-state index in [9.17, 15) is 4.79 Å². The van der Waals surface area contributed by atoms with Gasteiger partial charge in [0.25, 0.3) is 5.91 Å². The maximum atomic E-state index is 12.4. The Hall–Kier alpha value is -2.15. The Kier molecular flexibility index (Phi) is 4.24. The molecular formula is C15H20N4O3. The number of hydrogen-bond acceptors (Lipinski definition) is 6. The van der Waals surface area contributed by atoms with E-state index in [-0.39, 0.29) is 5.91 Å². The van der Waals surface area contributed by atoms with Crippen molar-refractivity contribution in [3.05, 3.63) is 35.4 Å². The van der Waals surface area contributed by atoms with E-state index in [0.717, 1.165) is 25.3 Å². The summed E-state index contributed by atoms with van der Waals surface area (Å²) in [6.07, 6.45) is 0.797. The van der Waals surface area contributed by atoms with Crippen LogP contribution in [0.15, 0.2) is 21.1 Å². The van der Waals surface area contributed by atoms with Crippen LogP contribution in [0.1, 0.15) is 35.0 Å². The van der Waals surface area contributed by atoms with Crippen LogP contribution < -0.4 is 0 Å². The molecule has 0 N–H and O–H groups in total. The second-order valence-corrected chi connectivity index (χ2v) is 5.42. The van der Waals surface area contributed by atoms with Gasteiger partial charge < -0.3 is 13.8 Å². The van der Waals surface area contributed by atoms with Crippen LogP contribution in [0.5, 0.6) is 0 Å². The first kappa shape index (κ1) is 14.8. The van der Waals surface area contributed by atoms with Crippen LogP contribution in [-0.4, -0.2) is 52.0 Å². The number of aromatic nitrogens is 2. The highest BCUT2D eigenvalue weighted by molar-refractivity contribution is 5.91. The fraction of sp³-hybridized carbons (Fsp3) is 0.533. The predicted molar refractivity (Wildman–Crippen MR) is 78.3 cm³/mol. The molecule has 1 aliphatic heterocycles. The summed E-state index contributed by atoms with van der Waals surface area (Å²) in [7, 11) is 0. The van der Waals surface area contributed by atoms with Crippen molar-refractivity contribution >= 4 is 5.91 Å². The second kappa shape index (κ2) is 6.31. The van der Waals surface area contributed by atoms with Crippen molar-refractivity contribution < 1.29 is 13.7 Å². The van der Waals surface area contributed by atoms with E-state index in [1.165, 1.54) is 0 Å². The third-order valence-corrected chi connectivity index (χ3v) is 3.82. The average molecular weight is 304 g/mol. The van der Waals surface area contributed by atoms with Crippen LogP contribution in [-0.2, 0) is 13.0 Å². The van der Waals surface area contributed by atoms with Crippen LogP contribution in [0.3, 0.4) is 0 Å². The summed E-state index contributed by atoms with van der Waals surface area (Å²) in [5.74, 6) is 2.51. The minimum Gasteiger partial charge on any atom is -0.456 e. The molecule has 0 atom stereocenters. The van der Waals surface area contributed by atoms with Gasteiger partial charge in [0.05, 0.1) is 6.54 Å². The van der Waals surface area contributed by atoms with Gasteiger partial charge in [0.2, 0.25) is 5.89 Å². The van der Waals surface area contributed by atoms with Gasteiger partial charge in [-0.1, -0.05) is 12.1 Å². The van der Waals surface area contributed by atoms with Gasteiger partial charge in [0.15, 0.2) is 11.6 Å². The lowest BCUT2D eigenvalue weighted by molar-refractivity contribution is 0.0592. The van der Waals surface area contributed by atoms with Crippen molar-refractivity contribution in [3.63, 3.8) is 0 Å². The molecule has 3 heterocycles. The summed E-state index contributed by atoms with van der Waals surface area (Å²) in [4.78, 5) is 20.6. The number of amides is 1. The first-order valence-electron chi connectivity index (χ1n) is 7.55. The lowest BCUT2D eigenvalue weighted by Crippen LogP contribution is -2.48. The van der Waals surface area contributed by atoms with Crippen LogP contribution in [0, 0.1) is 6.92 Å². The third kappa shape index (κ3) is 3.19. The molecule has 0 unspecified atom stereocenters. The standard InChI is InChI=1S/C15H20N4O3/c1-3-12-4-5-13(21-12)15(20)19-8-6-18(7-9-19)10-14-16-11(2)22-17-14/h4-5H,3,6-10H2,1-2H3. The van der Waals surface area contributed by atoms with Gasteiger partial charge in [-0.2, -0.15) is 4.98 Å². The number of carbonyl (C=O) groups is 1. The SMILES string of the molecule is CCc1ccc(C(=O)N2CCN(Cc3noc(C)n3)CC2)o1. The highest BCUT2D eigenvalue weighted by atomic mass is 16.5. The number of hydrogen-bond donors (Lipinski definition) is 0. The molecule has 2 aromatic heterocycles. The molecule has 0 saturated carbocycles. The summed E-state index contributed by atoms with van der Waals surface area (Å²) >= 11 is 0. The number of rotatable bonds is 4. The zero-order valence-corrected chi connectivity index (χ0v) is 12.9. The molecule has 3 rings (SSSR count). The smallest absolute Gasteiger partial charge is 0.289 e. The van der Waals surface area contributed by atoms with Crippen molar-refractivity contribution in [2.24, 2.45) is 0 Å². The Morgan fingerprint density at radius 1 is 1.27 bits per heavy atom. The van der Waals surface area contributed by atoms with Gasteiger partial charge in [-0.05, 0) is 12.1 Å². The summed E-state index contributed by atoms with van der Waals surface area (Å²) < 4.78 is 10.5. The van der Waals surface area contributed by atoms with E-state index < -0.39 is 0 Å². The maximum Gasteiger partial charge on any atom is 0.289 e. The molecule has 1 amide bonds. The zero-order chi connectivity index (χ0) is 15.5. The van der Waals surface area contributed by atoms with Crippen molar-refractivity contribution in [1.29, 1.82) is 0 Å². The first-order valence-corrected chi connectivity index (χ1v) is 7.55. The van der Waals surface area contributed by atoms with Gasteiger partial charge in [-0.3, -0.25) is 9.69 Å². The fourth-order valence-corrected chi connectivity index (χ4v) is 2.55. The normalized spacial score (nSPS) is 16.2. The number of furan rings is 1. The average Bonchev–Trinajstić information content (AvgIpc) is 3.16. The van der Waals surface area contributed by atoms with E-state index in [0.29, 0.717) is 37.1 Å². The molecule has 118 valence electrons. The Morgan fingerprint density at radius 3 is 2.64 bits per heavy atom. The lowest BCUT2D eigenvalue weighted by atomic mass is 10.3. The molecule has 0 radical (unpaired) electrons. The molecule has 2 aromatic rings. The molecular weight excluding hydrogens is 284 g/mol. The highest BCUT2D eigenvalue weighted by Gasteiger charge is 2.24. The highest BCUT2D eigenvalue weighted by Crippen LogP contribution is 2.14. The lowest BCUT2D eigenvalue weighted by Gasteiger charge is -2.33. The van der Waals surface area contributed by atoms with Crippen LogP contribution in [0.25, 0.3) is 0 Å². The zero-order valence-electron chi connectivity index (χ0n) is 12.9. The third-order valence-electron chi connectivity index (χ3n) is 3.82. The van der Waals surface area contributed by atoms with Crippen LogP contribution in [0.4, 0.5) is 0 Å². The van der Waals surface area contributed by atoms with Gasteiger partial charge >= 0.3 is 0 Å². The second-order valence-electron chi connectivity index (χ2n) is 5.42. The van der Waals surface area contributed by atoms with Gasteiger partial charge in [-0.15, -0.1) is 0 Å². The molecule has 1 fully saturated rings. The molecule has 7 heteroatoms. The van der Waals surface area contributed by atoms with Crippen LogP contribution in [0.2, 0.25) is 0 Å². The topological polar surface area (TPSA) is 75.6 Å². The summed E-state index contributed by atoms with van der Waals surface area (Å²) in [5, 5.41) is 3.90. The number of piperazine rings is 1. The molecule has 0 aliphatic carbocycles.